The van der Waals surface area contributed by atoms with Crippen LogP contribution in [0.25, 0.3) is 0 Å². The van der Waals surface area contributed by atoms with E-state index in [1.54, 1.807) is 30.7 Å². The minimum atomic E-state index is -4.46. The minimum Gasteiger partial charge on any atom is -0.484 e. The summed E-state index contributed by atoms with van der Waals surface area (Å²) in [4.78, 5) is 12.7. The number of anilines is 1. The number of amides is 1. The van der Waals surface area contributed by atoms with E-state index in [2.05, 4.69) is 10.4 Å². The SMILES string of the molecule is Cc1nn(Cc2ccc(Cl)c(Cl)c2)c(C)c1NC(=O)c1cccc(OCC(F)(F)F)c1. The summed E-state index contributed by atoms with van der Waals surface area (Å²) in [6.45, 7) is 2.53. The second-order valence-electron chi connectivity index (χ2n) is 6.84. The molecule has 164 valence electrons. The van der Waals surface area contributed by atoms with Crippen molar-refractivity contribution in [2.45, 2.75) is 26.6 Å². The Morgan fingerprint density at radius 3 is 2.55 bits per heavy atom. The predicted octanol–water partition coefficient (Wildman–Crippen LogP) is 6.05. The molecule has 2 aromatic carbocycles. The number of benzene rings is 2. The number of ether oxygens (including phenoxy) is 1. The molecular formula is C21H18Cl2F3N3O2. The van der Waals surface area contributed by atoms with Crippen LogP contribution in [0, 0.1) is 13.8 Å². The molecule has 1 amide bonds. The molecule has 3 rings (SSSR count). The van der Waals surface area contributed by atoms with Gasteiger partial charge in [-0.2, -0.15) is 18.3 Å². The number of aromatic nitrogens is 2. The monoisotopic (exact) mass is 471 g/mol. The van der Waals surface area contributed by atoms with E-state index >= 15 is 0 Å². The van der Waals surface area contributed by atoms with Crippen molar-refractivity contribution < 1.29 is 22.7 Å². The Morgan fingerprint density at radius 1 is 1.13 bits per heavy atom. The molecule has 0 bridgehead atoms. The first kappa shape index (κ1) is 23.0. The molecule has 5 nitrogen and oxygen atoms in total. The van der Waals surface area contributed by atoms with Crippen molar-refractivity contribution in [2.24, 2.45) is 0 Å². The van der Waals surface area contributed by atoms with Gasteiger partial charge in [0.2, 0.25) is 0 Å². The summed E-state index contributed by atoms with van der Waals surface area (Å²) in [5.41, 5.74) is 2.87. The molecule has 0 unspecified atom stereocenters. The van der Waals surface area contributed by atoms with Crippen LogP contribution in [0.4, 0.5) is 18.9 Å². The maximum atomic E-state index is 12.7. The lowest BCUT2D eigenvalue weighted by Gasteiger charge is -2.11. The van der Waals surface area contributed by atoms with Crippen LogP contribution in [0.15, 0.2) is 42.5 Å². The Hall–Kier alpha value is -2.71. The Labute approximate surface area is 186 Å². The summed E-state index contributed by atoms with van der Waals surface area (Å²) >= 11 is 12.0. The lowest BCUT2D eigenvalue weighted by Crippen LogP contribution is -2.19. The highest BCUT2D eigenvalue weighted by atomic mass is 35.5. The van der Waals surface area contributed by atoms with E-state index in [1.165, 1.54) is 24.3 Å². The van der Waals surface area contributed by atoms with Gasteiger partial charge in [0.15, 0.2) is 6.61 Å². The lowest BCUT2D eigenvalue weighted by atomic mass is 10.2. The summed E-state index contributed by atoms with van der Waals surface area (Å²) in [5, 5.41) is 8.11. The zero-order chi connectivity index (χ0) is 22.8. The third kappa shape index (κ3) is 5.92. The van der Waals surface area contributed by atoms with Crippen molar-refractivity contribution in [3.05, 3.63) is 75.0 Å². The molecule has 0 atom stereocenters. The van der Waals surface area contributed by atoms with Gasteiger partial charge in [0.05, 0.1) is 33.7 Å². The number of carbonyl (C=O) groups excluding carboxylic acids is 1. The molecule has 0 spiro atoms. The number of alkyl halides is 3. The van der Waals surface area contributed by atoms with Crippen molar-refractivity contribution in [3.63, 3.8) is 0 Å². The van der Waals surface area contributed by atoms with Gasteiger partial charge in [0.25, 0.3) is 5.91 Å². The number of rotatable bonds is 6. The Morgan fingerprint density at radius 2 is 1.87 bits per heavy atom. The van der Waals surface area contributed by atoms with E-state index in [9.17, 15) is 18.0 Å². The quantitative estimate of drug-likeness (QED) is 0.476. The molecule has 10 heteroatoms. The topological polar surface area (TPSA) is 56.2 Å². The van der Waals surface area contributed by atoms with Gasteiger partial charge in [-0.1, -0.05) is 35.3 Å². The van der Waals surface area contributed by atoms with Crippen molar-refractivity contribution >= 4 is 34.8 Å². The lowest BCUT2D eigenvalue weighted by molar-refractivity contribution is -0.153. The summed E-state index contributed by atoms with van der Waals surface area (Å²) in [5.74, 6) is -0.536. The van der Waals surface area contributed by atoms with Crippen LogP contribution in [-0.4, -0.2) is 28.5 Å². The molecule has 31 heavy (non-hydrogen) atoms. The van der Waals surface area contributed by atoms with E-state index in [1.807, 2.05) is 6.07 Å². The molecule has 0 saturated heterocycles. The van der Waals surface area contributed by atoms with Crippen molar-refractivity contribution in [2.75, 3.05) is 11.9 Å². The van der Waals surface area contributed by atoms with E-state index in [4.69, 9.17) is 27.9 Å². The van der Waals surface area contributed by atoms with E-state index in [0.717, 1.165) is 5.56 Å². The minimum absolute atomic E-state index is 0.0475. The molecule has 0 aliphatic carbocycles. The van der Waals surface area contributed by atoms with E-state index in [-0.39, 0.29) is 11.3 Å². The summed E-state index contributed by atoms with van der Waals surface area (Å²) < 4.78 is 43.5. The zero-order valence-corrected chi connectivity index (χ0v) is 18.1. The van der Waals surface area contributed by atoms with Gasteiger partial charge in [-0.15, -0.1) is 0 Å². The highest BCUT2D eigenvalue weighted by Crippen LogP contribution is 2.26. The molecule has 0 aliphatic heterocycles. The Bertz CT molecular complexity index is 1110. The third-order valence-electron chi connectivity index (χ3n) is 4.44. The van der Waals surface area contributed by atoms with Crippen LogP contribution in [0.5, 0.6) is 5.75 Å². The number of carbonyl (C=O) groups is 1. The zero-order valence-electron chi connectivity index (χ0n) is 16.6. The first-order valence-corrected chi connectivity index (χ1v) is 9.88. The van der Waals surface area contributed by atoms with Gasteiger partial charge in [-0.05, 0) is 49.7 Å². The highest BCUT2D eigenvalue weighted by molar-refractivity contribution is 6.42. The summed E-state index contributed by atoms with van der Waals surface area (Å²) in [6.07, 6.45) is -4.46. The average Bonchev–Trinajstić information content (AvgIpc) is 2.96. The highest BCUT2D eigenvalue weighted by Gasteiger charge is 2.28. The molecule has 0 saturated carbocycles. The number of hydrogen-bond donors (Lipinski definition) is 1. The van der Waals surface area contributed by atoms with Crippen LogP contribution in [0.1, 0.15) is 27.3 Å². The Balaban J connectivity index is 1.75. The van der Waals surface area contributed by atoms with E-state index in [0.29, 0.717) is 33.7 Å². The van der Waals surface area contributed by atoms with Crippen molar-refractivity contribution in [3.8, 4) is 5.75 Å². The molecule has 1 N–H and O–H groups in total. The first-order valence-electron chi connectivity index (χ1n) is 9.12. The van der Waals surface area contributed by atoms with Gasteiger partial charge < -0.3 is 10.1 Å². The van der Waals surface area contributed by atoms with Crippen LogP contribution in [-0.2, 0) is 6.54 Å². The number of nitrogens with one attached hydrogen (secondary N) is 1. The molecule has 3 aromatic rings. The fourth-order valence-electron chi connectivity index (χ4n) is 2.92. The summed E-state index contributed by atoms with van der Waals surface area (Å²) in [6, 6.07) is 10.8. The van der Waals surface area contributed by atoms with Gasteiger partial charge >= 0.3 is 6.18 Å². The van der Waals surface area contributed by atoms with Crippen LogP contribution in [0.2, 0.25) is 10.0 Å². The number of halogens is 5. The second-order valence-corrected chi connectivity index (χ2v) is 7.65. The standard InChI is InChI=1S/C21H18Cl2F3N3O2/c1-12-19(13(2)29(28-12)10-14-6-7-17(22)18(23)8-14)27-20(30)15-4-3-5-16(9-15)31-11-21(24,25)26/h3-9H,10-11H2,1-2H3,(H,27,30). The largest absolute Gasteiger partial charge is 0.484 e. The fraction of sp³-hybridized carbons (Fsp3) is 0.238. The van der Waals surface area contributed by atoms with E-state index < -0.39 is 18.7 Å². The number of nitrogens with zero attached hydrogens (tertiary/aromatic N) is 2. The molecular weight excluding hydrogens is 454 g/mol. The molecule has 0 aliphatic rings. The van der Waals surface area contributed by atoms with Gasteiger partial charge in [0.1, 0.15) is 5.75 Å². The number of hydrogen-bond acceptors (Lipinski definition) is 3. The number of aryl methyl sites for hydroxylation is 1. The smallest absolute Gasteiger partial charge is 0.422 e. The molecule has 1 heterocycles. The second kappa shape index (κ2) is 9.20. The van der Waals surface area contributed by atoms with Crippen LogP contribution in [0.3, 0.4) is 0 Å². The maximum absolute atomic E-state index is 12.7. The normalized spacial score (nSPS) is 11.5. The third-order valence-corrected chi connectivity index (χ3v) is 5.17. The van der Waals surface area contributed by atoms with Gasteiger partial charge in [0, 0.05) is 5.56 Å². The average molecular weight is 472 g/mol. The van der Waals surface area contributed by atoms with Crippen LogP contribution < -0.4 is 10.1 Å². The van der Waals surface area contributed by atoms with Gasteiger partial charge in [-0.3, -0.25) is 9.48 Å². The molecule has 0 radical (unpaired) electrons. The van der Waals surface area contributed by atoms with Crippen molar-refractivity contribution in [1.29, 1.82) is 0 Å². The van der Waals surface area contributed by atoms with Crippen LogP contribution >= 0.6 is 23.2 Å². The van der Waals surface area contributed by atoms with Crippen molar-refractivity contribution in [1.82, 2.24) is 9.78 Å². The predicted molar refractivity (Wildman–Crippen MR) is 113 cm³/mol. The molecule has 0 fully saturated rings. The molecule has 1 aromatic heterocycles. The summed E-state index contributed by atoms with van der Waals surface area (Å²) in [7, 11) is 0. The Kier molecular flexibility index (Phi) is 6.81. The van der Waals surface area contributed by atoms with Gasteiger partial charge in [-0.25, -0.2) is 0 Å². The maximum Gasteiger partial charge on any atom is 0.422 e. The fourth-order valence-corrected chi connectivity index (χ4v) is 3.24. The first-order chi connectivity index (χ1) is 14.5.